The number of benzene rings is 1. The summed E-state index contributed by atoms with van der Waals surface area (Å²) in [6.45, 7) is 10.5. The number of anilines is 1. The summed E-state index contributed by atoms with van der Waals surface area (Å²) in [5.74, 6) is 1.67. The van der Waals surface area contributed by atoms with E-state index in [-0.39, 0.29) is 0 Å². The van der Waals surface area contributed by atoms with Crippen LogP contribution < -0.4 is 9.64 Å². The van der Waals surface area contributed by atoms with Crippen LogP contribution in [0, 0.1) is 0 Å². The highest BCUT2D eigenvalue weighted by Gasteiger charge is 2.21. The predicted octanol–water partition coefficient (Wildman–Crippen LogP) is 4.39. The van der Waals surface area contributed by atoms with Crippen LogP contribution in [0.4, 0.5) is 5.69 Å². The molecule has 0 amide bonds. The van der Waals surface area contributed by atoms with Crippen molar-refractivity contribution in [3.05, 3.63) is 23.3 Å². The van der Waals surface area contributed by atoms with Gasteiger partial charge in [0.25, 0.3) is 0 Å². The summed E-state index contributed by atoms with van der Waals surface area (Å²) >= 11 is 0. The van der Waals surface area contributed by atoms with Crippen molar-refractivity contribution < 1.29 is 9.47 Å². The summed E-state index contributed by atoms with van der Waals surface area (Å²) in [6, 6.07) is 4.68. The van der Waals surface area contributed by atoms with E-state index >= 15 is 0 Å². The highest BCUT2D eigenvalue weighted by Crippen LogP contribution is 2.38. The van der Waals surface area contributed by atoms with E-state index in [9.17, 15) is 0 Å². The van der Waals surface area contributed by atoms with Gasteiger partial charge in [-0.05, 0) is 48.4 Å². The zero-order valence-corrected chi connectivity index (χ0v) is 14.7. The van der Waals surface area contributed by atoms with Gasteiger partial charge in [0, 0.05) is 20.3 Å². The zero-order chi connectivity index (χ0) is 15.9. The molecule has 0 N–H and O–H groups in total. The van der Waals surface area contributed by atoms with Gasteiger partial charge < -0.3 is 14.4 Å². The molecule has 0 aliphatic carbocycles. The SMILES string of the molecule is CCCc1cc2c(cc1C(C)CC)N(CCCOC)CCO2. The van der Waals surface area contributed by atoms with Crippen LogP contribution in [0.1, 0.15) is 57.1 Å². The Balaban J connectivity index is 2.30. The minimum Gasteiger partial charge on any atom is -0.490 e. The van der Waals surface area contributed by atoms with Crippen molar-refractivity contribution in [2.75, 3.05) is 38.3 Å². The second-order valence-corrected chi connectivity index (χ2v) is 6.26. The first kappa shape index (κ1) is 17.1. The average molecular weight is 305 g/mol. The summed E-state index contributed by atoms with van der Waals surface area (Å²) in [7, 11) is 1.77. The first-order valence-electron chi connectivity index (χ1n) is 8.74. The standard InChI is InChI=1S/C19H31NO2/c1-5-8-16-13-19-18(14-17(16)15(3)6-2)20(10-12-22-19)9-7-11-21-4/h13-15H,5-12H2,1-4H3. The van der Waals surface area contributed by atoms with E-state index in [0.717, 1.165) is 44.9 Å². The molecule has 0 fully saturated rings. The molecule has 3 heteroatoms. The molecular formula is C19H31NO2. The molecule has 1 aliphatic rings. The molecule has 0 saturated heterocycles. The van der Waals surface area contributed by atoms with E-state index in [4.69, 9.17) is 9.47 Å². The summed E-state index contributed by atoms with van der Waals surface area (Å²) in [4.78, 5) is 2.46. The molecule has 0 saturated carbocycles. The third-order valence-electron chi connectivity index (χ3n) is 4.62. The average Bonchev–Trinajstić information content (AvgIpc) is 2.54. The number of methoxy groups -OCH3 is 1. The molecule has 1 aromatic rings. The molecule has 0 radical (unpaired) electrons. The lowest BCUT2D eigenvalue weighted by Gasteiger charge is -2.33. The fraction of sp³-hybridized carbons (Fsp3) is 0.684. The number of ether oxygens (including phenoxy) is 2. The van der Waals surface area contributed by atoms with Crippen LogP contribution in [-0.2, 0) is 11.2 Å². The van der Waals surface area contributed by atoms with Gasteiger partial charge in [-0.1, -0.05) is 27.2 Å². The van der Waals surface area contributed by atoms with Gasteiger partial charge >= 0.3 is 0 Å². The molecule has 1 heterocycles. The minimum atomic E-state index is 0.606. The van der Waals surface area contributed by atoms with Crippen LogP contribution in [0.2, 0.25) is 0 Å². The maximum absolute atomic E-state index is 5.94. The largest absolute Gasteiger partial charge is 0.490 e. The van der Waals surface area contributed by atoms with E-state index in [1.165, 1.54) is 29.7 Å². The molecule has 124 valence electrons. The maximum Gasteiger partial charge on any atom is 0.142 e. The summed E-state index contributed by atoms with van der Waals surface area (Å²) in [6.07, 6.45) is 4.56. The van der Waals surface area contributed by atoms with Gasteiger partial charge in [-0.15, -0.1) is 0 Å². The molecule has 1 unspecified atom stereocenters. The number of hydrogen-bond acceptors (Lipinski definition) is 3. The Morgan fingerprint density at radius 1 is 1.32 bits per heavy atom. The van der Waals surface area contributed by atoms with Crippen LogP contribution in [0.5, 0.6) is 5.75 Å². The van der Waals surface area contributed by atoms with E-state index < -0.39 is 0 Å². The molecule has 22 heavy (non-hydrogen) atoms. The predicted molar refractivity (Wildman–Crippen MR) is 93.3 cm³/mol. The first-order valence-corrected chi connectivity index (χ1v) is 8.74. The van der Waals surface area contributed by atoms with Crippen molar-refractivity contribution in [1.29, 1.82) is 0 Å². The van der Waals surface area contributed by atoms with Crippen molar-refractivity contribution in [3.63, 3.8) is 0 Å². The van der Waals surface area contributed by atoms with E-state index in [0.29, 0.717) is 5.92 Å². The molecule has 2 rings (SSSR count). The van der Waals surface area contributed by atoms with E-state index in [1.54, 1.807) is 7.11 Å². The number of fused-ring (bicyclic) bond motifs is 1. The van der Waals surface area contributed by atoms with Gasteiger partial charge in [-0.2, -0.15) is 0 Å². The number of aryl methyl sites for hydroxylation is 1. The molecule has 1 aromatic carbocycles. The topological polar surface area (TPSA) is 21.7 Å². The third kappa shape index (κ3) is 3.95. The lowest BCUT2D eigenvalue weighted by Crippen LogP contribution is -2.34. The van der Waals surface area contributed by atoms with Gasteiger partial charge in [0.05, 0.1) is 12.2 Å². The fourth-order valence-electron chi connectivity index (χ4n) is 3.17. The summed E-state index contributed by atoms with van der Waals surface area (Å²) in [5.41, 5.74) is 4.25. The number of rotatable bonds is 8. The van der Waals surface area contributed by atoms with Crippen molar-refractivity contribution in [1.82, 2.24) is 0 Å². The Kier molecular flexibility index (Phi) is 6.56. The van der Waals surface area contributed by atoms with Crippen LogP contribution in [0.25, 0.3) is 0 Å². The zero-order valence-electron chi connectivity index (χ0n) is 14.7. The Labute approximate surface area is 135 Å². The van der Waals surface area contributed by atoms with Crippen molar-refractivity contribution >= 4 is 5.69 Å². The molecule has 0 spiro atoms. The van der Waals surface area contributed by atoms with Crippen LogP contribution in [0.15, 0.2) is 12.1 Å². The smallest absolute Gasteiger partial charge is 0.142 e. The lowest BCUT2D eigenvalue weighted by atomic mass is 9.90. The fourth-order valence-corrected chi connectivity index (χ4v) is 3.17. The lowest BCUT2D eigenvalue weighted by molar-refractivity contribution is 0.195. The number of nitrogens with zero attached hydrogens (tertiary/aromatic N) is 1. The van der Waals surface area contributed by atoms with Gasteiger partial charge in [-0.3, -0.25) is 0 Å². The van der Waals surface area contributed by atoms with Gasteiger partial charge in [0.15, 0.2) is 0 Å². The molecule has 0 bridgehead atoms. The van der Waals surface area contributed by atoms with Crippen LogP contribution in [-0.4, -0.2) is 33.4 Å². The first-order chi connectivity index (χ1) is 10.7. The Hall–Kier alpha value is -1.22. The monoisotopic (exact) mass is 305 g/mol. The maximum atomic E-state index is 5.94. The van der Waals surface area contributed by atoms with Crippen molar-refractivity contribution in [2.24, 2.45) is 0 Å². The van der Waals surface area contributed by atoms with Gasteiger partial charge in [0.2, 0.25) is 0 Å². The Morgan fingerprint density at radius 2 is 2.14 bits per heavy atom. The van der Waals surface area contributed by atoms with E-state index in [1.807, 2.05) is 0 Å². The van der Waals surface area contributed by atoms with Crippen LogP contribution >= 0.6 is 0 Å². The highest BCUT2D eigenvalue weighted by molar-refractivity contribution is 5.63. The van der Waals surface area contributed by atoms with Gasteiger partial charge in [0.1, 0.15) is 12.4 Å². The normalized spacial score (nSPS) is 15.4. The second-order valence-electron chi connectivity index (χ2n) is 6.26. The van der Waals surface area contributed by atoms with Crippen LogP contribution in [0.3, 0.4) is 0 Å². The van der Waals surface area contributed by atoms with Crippen molar-refractivity contribution in [2.45, 2.75) is 52.4 Å². The van der Waals surface area contributed by atoms with Crippen molar-refractivity contribution in [3.8, 4) is 5.75 Å². The number of hydrogen-bond donors (Lipinski definition) is 0. The summed E-state index contributed by atoms with van der Waals surface area (Å²) in [5, 5.41) is 0. The quantitative estimate of drug-likeness (QED) is 0.665. The molecular weight excluding hydrogens is 274 g/mol. The van der Waals surface area contributed by atoms with Gasteiger partial charge in [-0.25, -0.2) is 0 Å². The third-order valence-corrected chi connectivity index (χ3v) is 4.62. The highest BCUT2D eigenvalue weighted by atomic mass is 16.5. The Morgan fingerprint density at radius 3 is 2.82 bits per heavy atom. The molecule has 0 aromatic heterocycles. The molecule has 1 atom stereocenters. The Bertz CT molecular complexity index is 473. The van der Waals surface area contributed by atoms with E-state index in [2.05, 4.69) is 37.8 Å². The molecule has 3 nitrogen and oxygen atoms in total. The summed E-state index contributed by atoms with van der Waals surface area (Å²) < 4.78 is 11.1. The molecule has 1 aliphatic heterocycles. The minimum absolute atomic E-state index is 0.606. The second kappa shape index (κ2) is 8.42.